The Morgan fingerprint density at radius 2 is 2.11 bits per heavy atom. The second-order valence-corrected chi connectivity index (χ2v) is 7.36. The third kappa shape index (κ3) is 4.49. The maximum absolute atomic E-state index is 12.4. The van der Waals surface area contributed by atoms with Gasteiger partial charge in [-0.2, -0.15) is 0 Å². The fourth-order valence-electron chi connectivity index (χ4n) is 2.91. The van der Waals surface area contributed by atoms with Crippen LogP contribution >= 0.6 is 11.3 Å². The van der Waals surface area contributed by atoms with E-state index in [-0.39, 0.29) is 18.6 Å². The highest BCUT2D eigenvalue weighted by Gasteiger charge is 2.19. The molecule has 0 aliphatic rings. The van der Waals surface area contributed by atoms with Gasteiger partial charge in [0.05, 0.1) is 24.4 Å². The van der Waals surface area contributed by atoms with E-state index in [1.807, 2.05) is 25.3 Å². The molecule has 0 aliphatic heterocycles. The minimum Gasteiger partial charge on any atom is -0.467 e. The predicted octanol–water partition coefficient (Wildman–Crippen LogP) is 3.84. The van der Waals surface area contributed by atoms with Crippen molar-refractivity contribution in [3.63, 3.8) is 0 Å². The number of amides is 1. The zero-order valence-corrected chi connectivity index (χ0v) is 16.3. The molecule has 1 atom stereocenters. The highest BCUT2D eigenvalue weighted by atomic mass is 32.1. The molecule has 0 saturated heterocycles. The molecule has 1 amide bonds. The third-order valence-corrected chi connectivity index (χ3v) is 5.23. The lowest BCUT2D eigenvalue weighted by atomic mass is 10.2. The van der Waals surface area contributed by atoms with Crippen molar-refractivity contribution in [3.8, 4) is 0 Å². The van der Waals surface area contributed by atoms with Gasteiger partial charge < -0.3 is 19.0 Å². The summed E-state index contributed by atoms with van der Waals surface area (Å²) in [6.07, 6.45) is 1.55. The second kappa shape index (κ2) is 8.26. The summed E-state index contributed by atoms with van der Waals surface area (Å²) in [6, 6.07) is 9.11. The van der Waals surface area contributed by atoms with Crippen LogP contribution in [0.2, 0.25) is 0 Å². The Kier molecular flexibility index (Phi) is 5.81. The highest BCUT2D eigenvalue weighted by molar-refractivity contribution is 7.09. The average Bonchev–Trinajstić information content (AvgIpc) is 3.38. The van der Waals surface area contributed by atoms with Gasteiger partial charge in [-0.05, 0) is 50.4 Å². The molecule has 0 aromatic carbocycles. The van der Waals surface area contributed by atoms with Gasteiger partial charge in [0.1, 0.15) is 5.76 Å². The zero-order chi connectivity index (χ0) is 19.4. The molecule has 0 saturated carbocycles. The first kappa shape index (κ1) is 19.0. The largest absolute Gasteiger partial charge is 0.467 e. The van der Waals surface area contributed by atoms with Crippen molar-refractivity contribution < 1.29 is 18.7 Å². The number of nitrogens with zero attached hydrogens (tertiary/aromatic N) is 1. The normalized spacial score (nSPS) is 12.0. The Labute approximate surface area is 161 Å². The molecule has 3 heterocycles. The van der Waals surface area contributed by atoms with Crippen LogP contribution in [-0.4, -0.2) is 23.1 Å². The molecule has 142 valence electrons. The number of hydrogen-bond donors (Lipinski definition) is 1. The summed E-state index contributed by atoms with van der Waals surface area (Å²) in [5.41, 5.74) is 2.29. The van der Waals surface area contributed by atoms with E-state index >= 15 is 0 Å². The average molecular weight is 386 g/mol. The van der Waals surface area contributed by atoms with Crippen molar-refractivity contribution in [2.45, 2.75) is 33.4 Å². The summed E-state index contributed by atoms with van der Waals surface area (Å²) in [5, 5.41) is 4.77. The van der Waals surface area contributed by atoms with Crippen LogP contribution in [0.25, 0.3) is 0 Å². The lowest BCUT2D eigenvalue weighted by Gasteiger charge is -2.12. The van der Waals surface area contributed by atoms with Crippen molar-refractivity contribution in [3.05, 3.63) is 69.6 Å². The van der Waals surface area contributed by atoms with Gasteiger partial charge in [-0.1, -0.05) is 6.07 Å². The van der Waals surface area contributed by atoms with E-state index in [0.29, 0.717) is 17.9 Å². The lowest BCUT2D eigenvalue weighted by Crippen LogP contribution is -2.31. The summed E-state index contributed by atoms with van der Waals surface area (Å²) in [4.78, 5) is 25.7. The minimum atomic E-state index is -0.499. The summed E-state index contributed by atoms with van der Waals surface area (Å²) in [6.45, 7) is 6.02. The van der Waals surface area contributed by atoms with Crippen LogP contribution in [0.4, 0.5) is 0 Å². The van der Waals surface area contributed by atoms with Gasteiger partial charge >= 0.3 is 5.97 Å². The monoisotopic (exact) mass is 386 g/mol. The van der Waals surface area contributed by atoms with Crippen LogP contribution < -0.4 is 5.32 Å². The summed E-state index contributed by atoms with van der Waals surface area (Å²) >= 11 is 1.67. The predicted molar refractivity (Wildman–Crippen MR) is 103 cm³/mol. The molecule has 7 heteroatoms. The first-order valence-corrected chi connectivity index (χ1v) is 9.52. The van der Waals surface area contributed by atoms with Crippen LogP contribution in [0, 0.1) is 13.8 Å². The van der Waals surface area contributed by atoms with Gasteiger partial charge in [0.15, 0.2) is 6.61 Å². The van der Waals surface area contributed by atoms with Crippen molar-refractivity contribution >= 4 is 23.2 Å². The van der Waals surface area contributed by atoms with Crippen LogP contribution in [0.3, 0.4) is 0 Å². The molecular weight excluding hydrogens is 364 g/mol. The second-order valence-electron chi connectivity index (χ2n) is 6.33. The number of carbonyl (C=O) groups is 2. The van der Waals surface area contributed by atoms with Gasteiger partial charge in [0.25, 0.3) is 5.91 Å². The van der Waals surface area contributed by atoms with E-state index in [2.05, 4.69) is 16.0 Å². The van der Waals surface area contributed by atoms with Crippen molar-refractivity contribution in [2.75, 3.05) is 6.61 Å². The number of aromatic nitrogens is 1. The number of aryl methyl sites for hydroxylation is 1. The van der Waals surface area contributed by atoms with E-state index in [0.717, 1.165) is 11.4 Å². The molecule has 3 rings (SSSR count). The van der Waals surface area contributed by atoms with Crippen LogP contribution in [0.15, 0.2) is 46.4 Å². The molecule has 3 aromatic rings. The molecule has 6 nitrogen and oxygen atoms in total. The minimum absolute atomic E-state index is 0.290. The Morgan fingerprint density at radius 3 is 2.78 bits per heavy atom. The fourth-order valence-corrected chi connectivity index (χ4v) is 3.60. The van der Waals surface area contributed by atoms with E-state index in [1.54, 1.807) is 42.7 Å². The number of furan rings is 1. The number of thiophene rings is 1. The zero-order valence-electron chi connectivity index (χ0n) is 15.5. The summed E-state index contributed by atoms with van der Waals surface area (Å²) < 4.78 is 12.5. The van der Waals surface area contributed by atoms with Crippen molar-refractivity contribution in [1.82, 2.24) is 9.88 Å². The molecule has 1 N–H and O–H groups in total. The maximum atomic E-state index is 12.4. The molecular formula is C20H22N2O4S. The number of ether oxygens (including phenoxy) is 1. The van der Waals surface area contributed by atoms with Crippen molar-refractivity contribution in [1.29, 1.82) is 0 Å². The molecule has 0 unspecified atom stereocenters. The molecule has 27 heavy (non-hydrogen) atoms. The molecule has 0 radical (unpaired) electrons. The smallest absolute Gasteiger partial charge is 0.340 e. The Bertz CT molecular complexity index is 910. The summed E-state index contributed by atoms with van der Waals surface area (Å²) in [7, 11) is 0. The quantitative estimate of drug-likeness (QED) is 0.626. The molecule has 0 aliphatic carbocycles. The van der Waals surface area contributed by atoms with E-state index in [4.69, 9.17) is 9.15 Å². The third-order valence-electron chi connectivity index (χ3n) is 4.37. The van der Waals surface area contributed by atoms with E-state index < -0.39 is 5.97 Å². The topological polar surface area (TPSA) is 73.5 Å². The van der Waals surface area contributed by atoms with Crippen LogP contribution in [0.1, 0.15) is 45.3 Å². The van der Waals surface area contributed by atoms with Gasteiger partial charge in [-0.25, -0.2) is 4.79 Å². The van der Waals surface area contributed by atoms with Gasteiger partial charge in [0.2, 0.25) is 0 Å². The number of carbonyl (C=O) groups excluding carboxylic acids is 2. The molecule has 0 fully saturated rings. The SMILES string of the molecule is Cc1cc(C(=O)OCC(=O)N[C@H](C)c2ccco2)c(C)n1Cc1cccs1. The Hall–Kier alpha value is -2.80. The van der Waals surface area contributed by atoms with Gasteiger partial charge in [-0.3, -0.25) is 4.79 Å². The first-order chi connectivity index (χ1) is 13.0. The molecule has 0 bridgehead atoms. The standard InChI is InChI=1S/C20H22N2O4S/c1-13-10-17(15(3)22(13)11-16-6-5-9-27-16)20(24)26-12-19(23)21-14(2)18-7-4-8-25-18/h4-10,14H,11-12H2,1-3H3,(H,21,23)/t14-/m1/s1. The Morgan fingerprint density at radius 1 is 1.30 bits per heavy atom. The number of rotatable bonds is 7. The lowest BCUT2D eigenvalue weighted by molar-refractivity contribution is -0.125. The highest BCUT2D eigenvalue weighted by Crippen LogP contribution is 2.20. The van der Waals surface area contributed by atoms with Gasteiger partial charge in [0, 0.05) is 16.3 Å². The van der Waals surface area contributed by atoms with E-state index in [9.17, 15) is 9.59 Å². The Balaban J connectivity index is 1.58. The van der Waals surface area contributed by atoms with Crippen LogP contribution in [0.5, 0.6) is 0 Å². The maximum Gasteiger partial charge on any atom is 0.340 e. The number of nitrogens with one attached hydrogen (secondary N) is 1. The van der Waals surface area contributed by atoms with Crippen molar-refractivity contribution in [2.24, 2.45) is 0 Å². The fraction of sp³-hybridized carbons (Fsp3) is 0.300. The molecule has 0 spiro atoms. The summed E-state index contributed by atoms with van der Waals surface area (Å²) in [5.74, 6) is -0.229. The van der Waals surface area contributed by atoms with E-state index in [1.165, 1.54) is 4.88 Å². The number of esters is 1. The number of hydrogen-bond acceptors (Lipinski definition) is 5. The van der Waals surface area contributed by atoms with Gasteiger partial charge in [-0.15, -0.1) is 11.3 Å². The molecule has 3 aromatic heterocycles. The first-order valence-electron chi connectivity index (χ1n) is 8.64. The van der Waals surface area contributed by atoms with Crippen LogP contribution in [-0.2, 0) is 16.1 Å².